The average molecular weight is 372 g/mol. The van der Waals surface area contributed by atoms with Crippen LogP contribution >= 0.6 is 9.30 Å². The third-order valence-electron chi connectivity index (χ3n) is 3.26. The molecule has 24 heavy (non-hydrogen) atoms. The van der Waals surface area contributed by atoms with E-state index in [0.29, 0.717) is 5.56 Å². The number of rotatable bonds is 3. The molecule has 0 amide bonds. The molecular formula is C20H18ClNOTi. The van der Waals surface area contributed by atoms with Crippen molar-refractivity contribution in [2.75, 3.05) is 0 Å². The predicted molar refractivity (Wildman–Crippen MR) is 99.5 cm³/mol. The van der Waals surface area contributed by atoms with E-state index >= 15 is 0 Å². The second kappa shape index (κ2) is 10.8. The maximum absolute atomic E-state index is 10.4. The molecule has 0 saturated heterocycles. The van der Waals surface area contributed by atoms with Gasteiger partial charge < -0.3 is 12.5 Å². The molecule has 3 aromatic carbocycles. The predicted octanol–water partition coefficient (Wildman–Crippen LogP) is 5.95. The molecule has 4 heteroatoms. The van der Waals surface area contributed by atoms with E-state index in [1.807, 2.05) is 78.9 Å². The van der Waals surface area contributed by atoms with Gasteiger partial charge in [0.15, 0.2) is 0 Å². The molecule has 0 aliphatic carbocycles. The van der Waals surface area contributed by atoms with Crippen LogP contribution in [0.2, 0.25) is 0 Å². The van der Waals surface area contributed by atoms with Gasteiger partial charge in [-0.2, -0.15) is 0 Å². The number of phenolic OH excluding ortho intramolecular Hbond substituents is 1. The zero-order chi connectivity index (χ0) is 16.5. The van der Waals surface area contributed by atoms with Gasteiger partial charge in [0.25, 0.3) is 0 Å². The van der Waals surface area contributed by atoms with Crippen LogP contribution in [0.3, 0.4) is 0 Å². The standard InChI is InChI=1S/C19H15NO.CH3.ClH.Ti/c21-19-16(14-20-17-11-5-2-6-12-17)10-7-13-18(19)15-8-3-1-4-9-15;;;/h1-14,21H;1H3;1H;/q;-1;;+2/p-1. The molecule has 0 bridgehead atoms. The third kappa shape index (κ3) is 5.35. The van der Waals surface area contributed by atoms with Gasteiger partial charge in [0.05, 0.1) is 5.69 Å². The molecule has 0 aliphatic rings. The monoisotopic (exact) mass is 371 g/mol. The number of hydrogen-bond acceptors (Lipinski definition) is 2. The number of nitrogens with zero attached hydrogens (tertiary/aromatic N) is 1. The molecular weight excluding hydrogens is 354 g/mol. The van der Waals surface area contributed by atoms with Crippen LogP contribution in [0.5, 0.6) is 5.75 Å². The van der Waals surface area contributed by atoms with Crippen molar-refractivity contribution in [1.82, 2.24) is 0 Å². The number of aromatic hydroxyl groups is 1. The van der Waals surface area contributed by atoms with Crippen LogP contribution in [0.15, 0.2) is 83.9 Å². The van der Waals surface area contributed by atoms with Crippen molar-refractivity contribution in [2.24, 2.45) is 4.99 Å². The summed E-state index contributed by atoms with van der Waals surface area (Å²) in [5.74, 6) is 0.253. The quantitative estimate of drug-likeness (QED) is 0.344. The Morgan fingerprint density at radius 3 is 2.00 bits per heavy atom. The summed E-state index contributed by atoms with van der Waals surface area (Å²) >= 11 is 1.47. The fourth-order valence-electron chi connectivity index (χ4n) is 2.17. The van der Waals surface area contributed by atoms with Crippen molar-refractivity contribution in [3.63, 3.8) is 0 Å². The molecule has 1 N–H and O–H groups in total. The molecule has 0 saturated carbocycles. The van der Waals surface area contributed by atoms with Gasteiger partial charge in [-0.25, -0.2) is 0 Å². The molecule has 120 valence electrons. The molecule has 2 nitrogen and oxygen atoms in total. The van der Waals surface area contributed by atoms with E-state index in [9.17, 15) is 5.11 Å². The van der Waals surface area contributed by atoms with Crippen LogP contribution in [-0.4, -0.2) is 11.3 Å². The zero-order valence-corrected chi connectivity index (χ0v) is 15.7. The van der Waals surface area contributed by atoms with E-state index in [1.165, 1.54) is 19.4 Å². The fraction of sp³-hybridized carbons (Fsp3) is 0. The Morgan fingerprint density at radius 1 is 0.792 bits per heavy atom. The molecule has 0 atom stereocenters. The summed E-state index contributed by atoms with van der Waals surface area (Å²) in [6, 6.07) is 25.2. The Kier molecular flexibility index (Phi) is 9.10. The number of aliphatic imine (C=N–C) groups is 1. The van der Waals surface area contributed by atoms with Crippen LogP contribution in [0.25, 0.3) is 11.1 Å². The summed E-state index contributed by atoms with van der Waals surface area (Å²) in [6.45, 7) is 0. The van der Waals surface area contributed by atoms with Crippen molar-refractivity contribution >= 4 is 21.2 Å². The van der Waals surface area contributed by atoms with Gasteiger partial charge in [-0.1, -0.05) is 60.7 Å². The summed E-state index contributed by atoms with van der Waals surface area (Å²) in [5, 5.41) is 10.4. The van der Waals surface area contributed by atoms with Gasteiger partial charge in [-0.3, -0.25) is 4.99 Å². The number of hydrogen-bond donors (Lipinski definition) is 1. The first kappa shape index (κ1) is 20.2. The molecule has 3 aromatic rings. The Hall–Kier alpha value is -1.87. The minimum atomic E-state index is 0. The molecule has 0 aliphatic heterocycles. The second-order valence-electron chi connectivity index (χ2n) is 4.70. The number of halogens is 1. The van der Waals surface area contributed by atoms with Crippen molar-refractivity contribution < 1.29 is 24.5 Å². The zero-order valence-electron chi connectivity index (χ0n) is 13.4. The molecule has 0 unspecified atom stereocenters. The third-order valence-corrected chi connectivity index (χ3v) is 3.26. The number of para-hydroxylation sites is 2. The molecule has 0 fully saturated rings. The van der Waals surface area contributed by atoms with E-state index < -0.39 is 0 Å². The van der Waals surface area contributed by atoms with Crippen molar-refractivity contribution in [3.8, 4) is 16.9 Å². The maximum atomic E-state index is 10.4. The summed E-state index contributed by atoms with van der Waals surface area (Å²) in [6.07, 6.45) is 1.69. The Bertz CT molecular complexity index is 761. The Morgan fingerprint density at radius 2 is 1.38 bits per heavy atom. The summed E-state index contributed by atoms with van der Waals surface area (Å²) in [4.78, 5) is 4.39. The fourth-order valence-corrected chi connectivity index (χ4v) is 2.17. The van der Waals surface area contributed by atoms with E-state index in [4.69, 9.17) is 0 Å². The minimum absolute atomic E-state index is 0. The first-order valence-corrected chi connectivity index (χ1v) is 9.15. The topological polar surface area (TPSA) is 32.6 Å². The Labute approximate surface area is 159 Å². The first-order valence-electron chi connectivity index (χ1n) is 7.00. The van der Waals surface area contributed by atoms with Gasteiger partial charge in [0.2, 0.25) is 0 Å². The van der Waals surface area contributed by atoms with Gasteiger partial charge in [0, 0.05) is 17.3 Å². The second-order valence-corrected chi connectivity index (χ2v) is 4.70. The van der Waals surface area contributed by atoms with Crippen molar-refractivity contribution in [3.05, 3.63) is 91.9 Å². The SMILES string of the molecule is Oc1c(C=Nc2ccccc2)cccc1-c1ccccc1.[CH3-].[Cl][Ti+]. The normalized spacial score (nSPS) is 9.67. The number of benzene rings is 3. The molecule has 0 heterocycles. The molecule has 0 radical (unpaired) electrons. The van der Waals surface area contributed by atoms with E-state index in [0.717, 1.165) is 16.8 Å². The van der Waals surface area contributed by atoms with E-state index in [2.05, 4.69) is 14.3 Å². The van der Waals surface area contributed by atoms with Crippen LogP contribution in [-0.2, 0) is 19.4 Å². The van der Waals surface area contributed by atoms with Crippen LogP contribution in [0, 0.1) is 7.43 Å². The average Bonchev–Trinajstić information content (AvgIpc) is 2.64. The van der Waals surface area contributed by atoms with Crippen LogP contribution < -0.4 is 0 Å². The molecule has 0 aromatic heterocycles. The molecule has 3 rings (SSSR count). The first-order chi connectivity index (χ1) is 11.3. The van der Waals surface area contributed by atoms with E-state index in [-0.39, 0.29) is 13.2 Å². The van der Waals surface area contributed by atoms with Gasteiger partial charge >= 0.3 is 28.7 Å². The number of phenols is 1. The summed E-state index contributed by atoms with van der Waals surface area (Å²) in [7, 11) is 4.64. The van der Waals surface area contributed by atoms with Crippen LogP contribution in [0.4, 0.5) is 5.69 Å². The van der Waals surface area contributed by atoms with E-state index in [1.54, 1.807) is 6.21 Å². The van der Waals surface area contributed by atoms with Gasteiger partial charge in [-0.05, 0) is 23.8 Å². The summed E-state index contributed by atoms with van der Waals surface area (Å²) < 4.78 is 0. The molecule has 0 spiro atoms. The van der Waals surface area contributed by atoms with Crippen molar-refractivity contribution in [2.45, 2.75) is 0 Å². The summed E-state index contributed by atoms with van der Waals surface area (Å²) in [5.41, 5.74) is 3.37. The van der Waals surface area contributed by atoms with Gasteiger partial charge in [0.1, 0.15) is 5.75 Å². The van der Waals surface area contributed by atoms with Crippen molar-refractivity contribution in [1.29, 1.82) is 0 Å². The Balaban J connectivity index is 0.000000925. The van der Waals surface area contributed by atoms with Gasteiger partial charge in [-0.15, -0.1) is 0 Å². The van der Waals surface area contributed by atoms with Crippen LogP contribution in [0.1, 0.15) is 5.56 Å².